The second-order valence-corrected chi connectivity index (χ2v) is 5.86. The van der Waals surface area contributed by atoms with Crippen molar-refractivity contribution in [1.29, 1.82) is 0 Å². The van der Waals surface area contributed by atoms with Gasteiger partial charge in [0.05, 0.1) is 6.61 Å². The molecule has 1 amide bonds. The van der Waals surface area contributed by atoms with E-state index in [4.69, 9.17) is 4.74 Å². The summed E-state index contributed by atoms with van der Waals surface area (Å²) in [5, 5.41) is 2.96. The van der Waals surface area contributed by atoms with Crippen molar-refractivity contribution in [2.75, 3.05) is 7.11 Å². The van der Waals surface area contributed by atoms with E-state index in [0.29, 0.717) is 13.2 Å². The maximum Gasteiger partial charge on any atom is 0.244 e. The Kier molecular flexibility index (Phi) is 6.76. The summed E-state index contributed by atoms with van der Waals surface area (Å²) >= 11 is 0. The summed E-state index contributed by atoms with van der Waals surface area (Å²) in [5.74, 6) is -0.0652. The van der Waals surface area contributed by atoms with Crippen molar-refractivity contribution in [2.24, 2.45) is 0 Å². The number of aryl methyl sites for hydroxylation is 1. The highest BCUT2D eigenvalue weighted by molar-refractivity contribution is 5.95. The van der Waals surface area contributed by atoms with Gasteiger partial charge < -0.3 is 10.1 Å². The minimum Gasteiger partial charge on any atom is -0.380 e. The number of carbonyl (C=O) groups excluding carboxylic acids is 1. The third-order valence-electron chi connectivity index (χ3n) is 3.88. The van der Waals surface area contributed by atoms with E-state index >= 15 is 0 Å². The van der Waals surface area contributed by atoms with Gasteiger partial charge in [0.2, 0.25) is 5.91 Å². The van der Waals surface area contributed by atoms with Crippen LogP contribution in [0.5, 0.6) is 0 Å². The van der Waals surface area contributed by atoms with Gasteiger partial charge in [-0.1, -0.05) is 61.0 Å². The lowest BCUT2D eigenvalue weighted by molar-refractivity contribution is -0.116. The van der Waals surface area contributed by atoms with Gasteiger partial charge in [0.15, 0.2) is 0 Å². The maximum absolute atomic E-state index is 12.2. The second-order valence-electron chi connectivity index (χ2n) is 5.86. The molecule has 0 heterocycles. The molecule has 126 valence electrons. The first-order valence-electron chi connectivity index (χ1n) is 8.24. The number of rotatable bonds is 7. The van der Waals surface area contributed by atoms with Crippen LogP contribution in [0.3, 0.4) is 0 Å². The number of nitrogens with one attached hydrogen (secondary N) is 1. The van der Waals surface area contributed by atoms with E-state index in [1.54, 1.807) is 13.2 Å². The molecule has 0 atom stereocenters. The number of hydrogen-bond donors (Lipinski definition) is 1. The van der Waals surface area contributed by atoms with Gasteiger partial charge in [-0.15, -0.1) is 0 Å². The molecule has 0 radical (unpaired) electrons. The molecule has 3 heteroatoms. The Morgan fingerprint density at radius 3 is 2.50 bits per heavy atom. The van der Waals surface area contributed by atoms with Gasteiger partial charge in [0.25, 0.3) is 0 Å². The molecule has 0 fully saturated rings. The molecular formula is C21H25NO2. The smallest absolute Gasteiger partial charge is 0.244 e. The fraction of sp³-hybridized carbons (Fsp3) is 0.286. The molecule has 0 unspecified atom stereocenters. The molecule has 2 aromatic carbocycles. The molecule has 1 N–H and O–H groups in total. The maximum atomic E-state index is 12.2. The first-order chi connectivity index (χ1) is 11.6. The van der Waals surface area contributed by atoms with Crippen molar-refractivity contribution in [3.05, 3.63) is 76.9 Å². The Bertz CT molecular complexity index is 702. The Morgan fingerprint density at radius 1 is 1.12 bits per heavy atom. The van der Waals surface area contributed by atoms with Gasteiger partial charge in [0.1, 0.15) is 0 Å². The predicted molar refractivity (Wildman–Crippen MR) is 98.4 cm³/mol. The van der Waals surface area contributed by atoms with E-state index < -0.39 is 0 Å². The average Bonchev–Trinajstić information content (AvgIpc) is 2.59. The van der Waals surface area contributed by atoms with Gasteiger partial charge in [0, 0.05) is 19.7 Å². The van der Waals surface area contributed by atoms with E-state index in [-0.39, 0.29) is 5.91 Å². The van der Waals surface area contributed by atoms with Crippen molar-refractivity contribution in [1.82, 2.24) is 5.32 Å². The third-order valence-corrected chi connectivity index (χ3v) is 3.88. The standard InChI is InChI=1S/C21H25NO2/c1-4-19(20-10-8-16(2)9-11-20)13-21(23)22-14-17-6-5-7-18(12-17)15-24-3/h5-13H,4,14-15H2,1-3H3,(H,22,23)/b19-13-. The fourth-order valence-corrected chi connectivity index (χ4v) is 2.55. The lowest BCUT2D eigenvalue weighted by Gasteiger charge is -2.08. The Labute approximate surface area is 144 Å². The summed E-state index contributed by atoms with van der Waals surface area (Å²) < 4.78 is 5.14. The van der Waals surface area contributed by atoms with E-state index in [9.17, 15) is 4.79 Å². The van der Waals surface area contributed by atoms with E-state index in [1.165, 1.54) is 5.56 Å². The van der Waals surface area contributed by atoms with Crippen LogP contribution < -0.4 is 5.32 Å². The molecule has 0 aliphatic heterocycles. The molecule has 0 saturated carbocycles. The van der Waals surface area contributed by atoms with Crippen molar-refractivity contribution in [2.45, 2.75) is 33.4 Å². The third kappa shape index (κ3) is 5.36. The predicted octanol–water partition coefficient (Wildman–Crippen LogP) is 4.25. The van der Waals surface area contributed by atoms with Gasteiger partial charge in [-0.25, -0.2) is 0 Å². The summed E-state index contributed by atoms with van der Waals surface area (Å²) in [5.41, 5.74) is 5.53. The van der Waals surface area contributed by atoms with Crippen LogP contribution in [0.15, 0.2) is 54.6 Å². The van der Waals surface area contributed by atoms with Gasteiger partial charge in [-0.2, -0.15) is 0 Å². The molecule has 2 aromatic rings. The van der Waals surface area contributed by atoms with Crippen molar-refractivity contribution >= 4 is 11.5 Å². The molecule has 0 saturated heterocycles. The van der Waals surface area contributed by atoms with Crippen molar-refractivity contribution < 1.29 is 9.53 Å². The van der Waals surface area contributed by atoms with Crippen LogP contribution >= 0.6 is 0 Å². The number of carbonyl (C=O) groups is 1. The lowest BCUT2D eigenvalue weighted by atomic mass is 10.0. The Balaban J connectivity index is 2.00. The van der Waals surface area contributed by atoms with Gasteiger partial charge in [-0.3, -0.25) is 4.79 Å². The van der Waals surface area contributed by atoms with Crippen LogP contribution in [0.1, 0.15) is 35.6 Å². The van der Waals surface area contributed by atoms with Crippen LogP contribution in [0, 0.1) is 6.92 Å². The minimum absolute atomic E-state index is 0.0652. The molecule has 0 bridgehead atoms. The number of hydrogen-bond acceptors (Lipinski definition) is 2. The average molecular weight is 323 g/mol. The number of amides is 1. The van der Waals surface area contributed by atoms with E-state index in [0.717, 1.165) is 28.7 Å². The summed E-state index contributed by atoms with van der Waals surface area (Å²) in [7, 11) is 1.68. The highest BCUT2D eigenvalue weighted by Crippen LogP contribution is 2.18. The zero-order chi connectivity index (χ0) is 17.4. The highest BCUT2D eigenvalue weighted by Gasteiger charge is 2.04. The van der Waals surface area contributed by atoms with Crippen LogP contribution in [0.2, 0.25) is 0 Å². The SMILES string of the molecule is CC/C(=C/C(=O)NCc1cccc(COC)c1)c1ccc(C)cc1. The Morgan fingerprint density at radius 2 is 1.83 bits per heavy atom. The largest absolute Gasteiger partial charge is 0.380 e. The lowest BCUT2D eigenvalue weighted by Crippen LogP contribution is -2.20. The number of ether oxygens (including phenoxy) is 1. The topological polar surface area (TPSA) is 38.3 Å². The molecule has 0 aromatic heterocycles. The first kappa shape index (κ1) is 18.0. The minimum atomic E-state index is -0.0652. The monoisotopic (exact) mass is 323 g/mol. The summed E-state index contributed by atoms with van der Waals surface area (Å²) in [6, 6.07) is 16.3. The van der Waals surface area contributed by atoms with Crippen molar-refractivity contribution in [3.8, 4) is 0 Å². The highest BCUT2D eigenvalue weighted by atomic mass is 16.5. The molecule has 3 nitrogen and oxygen atoms in total. The van der Waals surface area contributed by atoms with Gasteiger partial charge in [-0.05, 0) is 35.6 Å². The quantitative estimate of drug-likeness (QED) is 0.774. The molecule has 0 aliphatic rings. The first-order valence-corrected chi connectivity index (χ1v) is 8.24. The second kappa shape index (κ2) is 9.04. The zero-order valence-electron chi connectivity index (χ0n) is 14.6. The Hall–Kier alpha value is -2.39. The number of benzene rings is 2. The molecule has 0 aliphatic carbocycles. The normalized spacial score (nSPS) is 11.4. The zero-order valence-corrected chi connectivity index (χ0v) is 14.6. The van der Waals surface area contributed by atoms with Crippen molar-refractivity contribution in [3.63, 3.8) is 0 Å². The summed E-state index contributed by atoms with van der Waals surface area (Å²) in [6.07, 6.45) is 2.52. The van der Waals surface area contributed by atoms with E-state index in [1.807, 2.05) is 24.3 Å². The van der Waals surface area contributed by atoms with Crippen LogP contribution in [-0.4, -0.2) is 13.0 Å². The van der Waals surface area contributed by atoms with Gasteiger partial charge >= 0.3 is 0 Å². The summed E-state index contributed by atoms with van der Waals surface area (Å²) in [6.45, 7) is 5.21. The molecule has 2 rings (SSSR count). The number of allylic oxidation sites excluding steroid dienone is 1. The van der Waals surface area contributed by atoms with E-state index in [2.05, 4.69) is 43.4 Å². The fourth-order valence-electron chi connectivity index (χ4n) is 2.55. The molecule has 0 spiro atoms. The van der Waals surface area contributed by atoms with Crippen LogP contribution in [0.4, 0.5) is 0 Å². The summed E-state index contributed by atoms with van der Waals surface area (Å²) in [4.78, 5) is 12.2. The molecular weight excluding hydrogens is 298 g/mol. The number of methoxy groups -OCH3 is 1. The van der Waals surface area contributed by atoms with Crippen LogP contribution in [-0.2, 0) is 22.7 Å². The molecule has 24 heavy (non-hydrogen) atoms. The van der Waals surface area contributed by atoms with Crippen LogP contribution in [0.25, 0.3) is 5.57 Å².